The molecule has 5 heteroatoms. The third-order valence-corrected chi connectivity index (χ3v) is 3.18. The van der Waals surface area contributed by atoms with Crippen molar-refractivity contribution in [3.8, 4) is 11.1 Å². The van der Waals surface area contributed by atoms with Crippen molar-refractivity contribution in [3.63, 3.8) is 0 Å². The zero-order chi connectivity index (χ0) is 13.2. The molecule has 0 bridgehead atoms. The maximum absolute atomic E-state index is 10.7. The van der Waals surface area contributed by atoms with E-state index in [1.165, 1.54) is 0 Å². The molecule has 0 saturated heterocycles. The number of nitrogens with one attached hydrogen (secondary N) is 1. The first-order chi connectivity index (χ1) is 9.24. The van der Waals surface area contributed by atoms with Crippen LogP contribution in [-0.4, -0.2) is 27.1 Å². The van der Waals surface area contributed by atoms with Crippen molar-refractivity contribution in [2.45, 2.75) is 12.5 Å². The highest BCUT2D eigenvalue weighted by Gasteiger charge is 2.43. The molecule has 2 atom stereocenters. The molecule has 1 aromatic carbocycles. The van der Waals surface area contributed by atoms with Gasteiger partial charge in [0.2, 0.25) is 5.95 Å². The second-order valence-corrected chi connectivity index (χ2v) is 4.59. The van der Waals surface area contributed by atoms with Crippen LogP contribution in [0.25, 0.3) is 11.1 Å². The summed E-state index contributed by atoms with van der Waals surface area (Å²) < 4.78 is 0. The van der Waals surface area contributed by atoms with Crippen molar-refractivity contribution in [1.82, 2.24) is 9.97 Å². The first-order valence-electron chi connectivity index (χ1n) is 6.11. The van der Waals surface area contributed by atoms with Gasteiger partial charge >= 0.3 is 5.97 Å². The Hall–Kier alpha value is -2.43. The van der Waals surface area contributed by atoms with Crippen LogP contribution in [0.2, 0.25) is 0 Å². The topological polar surface area (TPSA) is 75.1 Å². The summed E-state index contributed by atoms with van der Waals surface area (Å²) in [6.07, 6.45) is 4.12. The Bertz CT molecular complexity index is 583. The SMILES string of the molecule is O=C(O)C1CC1Nc1ncc(-c2ccccc2)cn1. The van der Waals surface area contributed by atoms with Gasteiger partial charge in [-0.15, -0.1) is 0 Å². The van der Waals surface area contributed by atoms with E-state index in [1.807, 2.05) is 30.3 Å². The van der Waals surface area contributed by atoms with Crippen LogP contribution in [0.4, 0.5) is 5.95 Å². The van der Waals surface area contributed by atoms with Crippen molar-refractivity contribution < 1.29 is 9.90 Å². The number of aromatic nitrogens is 2. The van der Waals surface area contributed by atoms with Crippen molar-refractivity contribution in [2.75, 3.05) is 5.32 Å². The molecule has 1 aliphatic carbocycles. The predicted octanol–water partition coefficient (Wildman–Crippen LogP) is 2.03. The largest absolute Gasteiger partial charge is 0.481 e. The average Bonchev–Trinajstić information content (AvgIpc) is 3.20. The highest BCUT2D eigenvalue weighted by molar-refractivity contribution is 5.75. The Morgan fingerprint density at radius 3 is 2.42 bits per heavy atom. The number of nitrogens with zero attached hydrogens (tertiary/aromatic N) is 2. The smallest absolute Gasteiger partial charge is 0.308 e. The molecule has 2 aromatic rings. The summed E-state index contributed by atoms with van der Waals surface area (Å²) in [4.78, 5) is 19.1. The molecular weight excluding hydrogens is 242 g/mol. The fourth-order valence-electron chi connectivity index (χ4n) is 1.98. The number of carbonyl (C=O) groups is 1. The molecule has 1 saturated carbocycles. The summed E-state index contributed by atoms with van der Waals surface area (Å²) in [5, 5.41) is 11.8. The van der Waals surface area contributed by atoms with E-state index in [1.54, 1.807) is 12.4 Å². The Morgan fingerprint density at radius 2 is 1.84 bits per heavy atom. The lowest BCUT2D eigenvalue weighted by Gasteiger charge is -2.04. The van der Waals surface area contributed by atoms with Crippen LogP contribution < -0.4 is 5.32 Å². The molecule has 5 nitrogen and oxygen atoms in total. The van der Waals surface area contributed by atoms with Crippen LogP contribution in [0.5, 0.6) is 0 Å². The molecular formula is C14H13N3O2. The quantitative estimate of drug-likeness (QED) is 0.874. The highest BCUT2D eigenvalue weighted by atomic mass is 16.4. The molecule has 3 rings (SSSR count). The molecule has 96 valence electrons. The molecule has 1 aromatic heterocycles. The Morgan fingerprint density at radius 1 is 1.16 bits per heavy atom. The van der Waals surface area contributed by atoms with Gasteiger partial charge in [-0.25, -0.2) is 9.97 Å². The second kappa shape index (κ2) is 4.68. The number of benzene rings is 1. The maximum Gasteiger partial charge on any atom is 0.308 e. The average molecular weight is 255 g/mol. The predicted molar refractivity (Wildman–Crippen MR) is 70.6 cm³/mol. The third kappa shape index (κ3) is 2.54. The van der Waals surface area contributed by atoms with Gasteiger partial charge in [0.05, 0.1) is 5.92 Å². The molecule has 1 heterocycles. The Labute approximate surface area is 110 Å². The number of hydrogen-bond acceptors (Lipinski definition) is 4. The lowest BCUT2D eigenvalue weighted by molar-refractivity contribution is -0.138. The summed E-state index contributed by atoms with van der Waals surface area (Å²) in [5.41, 5.74) is 2.00. The number of aliphatic carboxylic acids is 1. The van der Waals surface area contributed by atoms with Gasteiger partial charge in [-0.3, -0.25) is 4.79 Å². The van der Waals surface area contributed by atoms with Crippen LogP contribution in [0, 0.1) is 5.92 Å². The molecule has 19 heavy (non-hydrogen) atoms. The van der Waals surface area contributed by atoms with E-state index in [9.17, 15) is 4.79 Å². The van der Waals surface area contributed by atoms with Gasteiger partial charge in [-0.2, -0.15) is 0 Å². The highest BCUT2D eigenvalue weighted by Crippen LogP contribution is 2.32. The number of anilines is 1. The van der Waals surface area contributed by atoms with E-state index in [0.717, 1.165) is 11.1 Å². The van der Waals surface area contributed by atoms with Crippen molar-refractivity contribution >= 4 is 11.9 Å². The standard InChI is InChI=1S/C14H13N3O2/c18-13(19)11-6-12(11)17-14-15-7-10(8-16-14)9-4-2-1-3-5-9/h1-5,7-8,11-12H,6H2,(H,18,19)(H,15,16,17). The van der Waals surface area contributed by atoms with Gasteiger partial charge in [-0.1, -0.05) is 30.3 Å². The van der Waals surface area contributed by atoms with Gasteiger partial charge in [-0.05, 0) is 12.0 Å². The van der Waals surface area contributed by atoms with Gasteiger partial charge in [0, 0.05) is 24.0 Å². The van der Waals surface area contributed by atoms with Gasteiger partial charge < -0.3 is 10.4 Å². The summed E-state index contributed by atoms with van der Waals surface area (Å²) in [6.45, 7) is 0. The van der Waals surface area contributed by atoms with E-state index in [4.69, 9.17) is 5.11 Å². The van der Waals surface area contributed by atoms with E-state index < -0.39 is 5.97 Å². The van der Waals surface area contributed by atoms with E-state index in [2.05, 4.69) is 15.3 Å². The van der Waals surface area contributed by atoms with Crippen LogP contribution in [0.15, 0.2) is 42.7 Å². The van der Waals surface area contributed by atoms with E-state index >= 15 is 0 Å². The normalized spacial score (nSPS) is 20.8. The van der Waals surface area contributed by atoms with Gasteiger partial charge in [0.1, 0.15) is 0 Å². The lowest BCUT2D eigenvalue weighted by atomic mass is 10.1. The first-order valence-corrected chi connectivity index (χ1v) is 6.11. The molecule has 0 spiro atoms. The minimum atomic E-state index is -0.765. The minimum Gasteiger partial charge on any atom is -0.481 e. The molecule has 2 N–H and O–H groups in total. The fourth-order valence-corrected chi connectivity index (χ4v) is 1.98. The van der Waals surface area contributed by atoms with Crippen LogP contribution >= 0.6 is 0 Å². The number of carboxylic acids is 1. The zero-order valence-corrected chi connectivity index (χ0v) is 10.2. The van der Waals surface area contributed by atoms with Crippen LogP contribution in [-0.2, 0) is 4.79 Å². The van der Waals surface area contributed by atoms with Crippen molar-refractivity contribution in [1.29, 1.82) is 0 Å². The summed E-state index contributed by atoms with van der Waals surface area (Å²) in [6, 6.07) is 9.83. The molecule has 0 amide bonds. The lowest BCUT2D eigenvalue weighted by Crippen LogP contribution is -2.12. The number of carboxylic acid groups (broad SMARTS) is 1. The Kier molecular flexibility index (Phi) is 2.87. The van der Waals surface area contributed by atoms with E-state index in [-0.39, 0.29) is 12.0 Å². The van der Waals surface area contributed by atoms with Crippen LogP contribution in [0.3, 0.4) is 0 Å². The number of hydrogen-bond donors (Lipinski definition) is 2. The minimum absolute atomic E-state index is 0.0416. The monoisotopic (exact) mass is 255 g/mol. The first kappa shape index (κ1) is 11.6. The van der Waals surface area contributed by atoms with Crippen molar-refractivity contribution in [3.05, 3.63) is 42.7 Å². The fraction of sp³-hybridized carbons (Fsp3) is 0.214. The van der Waals surface area contributed by atoms with Crippen molar-refractivity contribution in [2.24, 2.45) is 5.92 Å². The molecule has 0 radical (unpaired) electrons. The molecule has 1 fully saturated rings. The molecule has 1 aliphatic rings. The van der Waals surface area contributed by atoms with Crippen LogP contribution in [0.1, 0.15) is 6.42 Å². The second-order valence-electron chi connectivity index (χ2n) is 4.59. The molecule has 2 unspecified atom stereocenters. The summed E-state index contributed by atoms with van der Waals surface area (Å²) in [5.74, 6) is -0.593. The summed E-state index contributed by atoms with van der Waals surface area (Å²) >= 11 is 0. The third-order valence-electron chi connectivity index (χ3n) is 3.18. The zero-order valence-electron chi connectivity index (χ0n) is 10.2. The maximum atomic E-state index is 10.7. The Balaban J connectivity index is 1.69. The number of rotatable bonds is 4. The summed E-state index contributed by atoms with van der Waals surface area (Å²) in [7, 11) is 0. The van der Waals surface area contributed by atoms with Gasteiger partial charge in [0.15, 0.2) is 0 Å². The van der Waals surface area contributed by atoms with E-state index in [0.29, 0.717) is 12.4 Å². The molecule has 0 aliphatic heterocycles. The van der Waals surface area contributed by atoms with Gasteiger partial charge in [0.25, 0.3) is 0 Å².